The molecule has 0 saturated heterocycles. The Kier molecular flexibility index (Phi) is 7.23. The number of nitrogens with one attached hydrogen (secondary N) is 2. The molecule has 4 aromatic rings. The molecule has 0 aliphatic heterocycles. The van der Waals surface area contributed by atoms with Gasteiger partial charge in [-0.2, -0.15) is 0 Å². The summed E-state index contributed by atoms with van der Waals surface area (Å²) in [5.74, 6) is 1.04. The molecule has 0 unspecified atom stereocenters. The molecule has 4 rings (SSSR count). The molecule has 34 heavy (non-hydrogen) atoms. The molecule has 1 amide bonds. The van der Waals surface area contributed by atoms with E-state index < -0.39 is 0 Å². The van der Waals surface area contributed by atoms with Crippen molar-refractivity contribution >= 4 is 40.0 Å². The highest BCUT2D eigenvalue weighted by atomic mass is 32.1. The number of hydrogen-bond donors (Lipinski definition) is 2. The summed E-state index contributed by atoms with van der Waals surface area (Å²) in [6, 6.07) is 18.9. The van der Waals surface area contributed by atoms with Crippen molar-refractivity contribution in [3.8, 4) is 5.75 Å². The SMILES string of the molecule is CCCOc1cccc(C(=O)NC(=S)Nc2ccc(Cc3nc4cc(C)c(C)cc4o3)cc2)c1. The lowest BCUT2D eigenvalue weighted by Crippen LogP contribution is -2.34. The van der Waals surface area contributed by atoms with E-state index >= 15 is 0 Å². The highest BCUT2D eigenvalue weighted by Crippen LogP contribution is 2.22. The van der Waals surface area contributed by atoms with Gasteiger partial charge in [-0.15, -0.1) is 0 Å². The third-order valence-corrected chi connectivity index (χ3v) is 5.62. The fraction of sp³-hybridized carbons (Fsp3) is 0.222. The molecule has 0 bridgehead atoms. The molecule has 7 heteroatoms. The van der Waals surface area contributed by atoms with E-state index in [0.717, 1.165) is 28.8 Å². The Morgan fingerprint density at radius 3 is 2.59 bits per heavy atom. The van der Waals surface area contributed by atoms with E-state index in [0.29, 0.717) is 30.2 Å². The van der Waals surface area contributed by atoms with Gasteiger partial charge in [0.15, 0.2) is 16.6 Å². The van der Waals surface area contributed by atoms with Gasteiger partial charge < -0.3 is 14.5 Å². The zero-order chi connectivity index (χ0) is 24.1. The van der Waals surface area contributed by atoms with E-state index in [1.54, 1.807) is 18.2 Å². The molecule has 6 nitrogen and oxygen atoms in total. The lowest BCUT2D eigenvalue weighted by molar-refractivity contribution is 0.0977. The maximum atomic E-state index is 12.5. The molecule has 1 heterocycles. The zero-order valence-corrected chi connectivity index (χ0v) is 20.3. The predicted molar refractivity (Wildman–Crippen MR) is 139 cm³/mol. The Labute approximate surface area is 204 Å². The molecule has 0 atom stereocenters. The van der Waals surface area contributed by atoms with Crippen LogP contribution in [0, 0.1) is 13.8 Å². The molecule has 0 saturated carbocycles. The first-order chi connectivity index (χ1) is 16.4. The van der Waals surface area contributed by atoms with Gasteiger partial charge >= 0.3 is 0 Å². The number of nitrogens with zero attached hydrogens (tertiary/aromatic N) is 1. The summed E-state index contributed by atoms with van der Waals surface area (Å²) in [5.41, 5.74) is 6.38. The smallest absolute Gasteiger partial charge is 0.257 e. The summed E-state index contributed by atoms with van der Waals surface area (Å²) in [6.45, 7) is 6.77. The first-order valence-corrected chi connectivity index (χ1v) is 11.6. The van der Waals surface area contributed by atoms with Gasteiger partial charge in [0.1, 0.15) is 11.3 Å². The molecule has 2 N–H and O–H groups in total. The largest absolute Gasteiger partial charge is 0.494 e. The second-order valence-corrected chi connectivity index (χ2v) is 8.58. The van der Waals surface area contributed by atoms with Gasteiger partial charge in [0.2, 0.25) is 0 Å². The van der Waals surface area contributed by atoms with E-state index in [2.05, 4.69) is 29.5 Å². The van der Waals surface area contributed by atoms with Crippen molar-refractivity contribution in [1.29, 1.82) is 0 Å². The highest BCUT2D eigenvalue weighted by Gasteiger charge is 2.11. The van der Waals surface area contributed by atoms with Crippen LogP contribution < -0.4 is 15.4 Å². The minimum atomic E-state index is -0.294. The highest BCUT2D eigenvalue weighted by molar-refractivity contribution is 7.80. The summed E-state index contributed by atoms with van der Waals surface area (Å²) in [5, 5.41) is 5.98. The van der Waals surface area contributed by atoms with Crippen LogP contribution >= 0.6 is 12.2 Å². The van der Waals surface area contributed by atoms with Gasteiger partial charge in [0.25, 0.3) is 5.91 Å². The number of aryl methyl sites for hydroxylation is 2. The monoisotopic (exact) mass is 473 g/mol. The minimum absolute atomic E-state index is 0.224. The van der Waals surface area contributed by atoms with Gasteiger partial charge in [-0.05, 0) is 91.6 Å². The molecular weight excluding hydrogens is 446 g/mol. The number of hydrogen-bond acceptors (Lipinski definition) is 5. The number of ether oxygens (including phenoxy) is 1. The summed E-state index contributed by atoms with van der Waals surface area (Å²) < 4.78 is 11.5. The number of thiocarbonyl (C=S) groups is 1. The number of aromatic nitrogens is 1. The van der Waals surface area contributed by atoms with Crippen molar-refractivity contribution in [2.75, 3.05) is 11.9 Å². The molecular formula is C27H27N3O3S. The number of anilines is 1. The van der Waals surface area contributed by atoms with Crippen molar-refractivity contribution in [2.45, 2.75) is 33.6 Å². The Hall–Kier alpha value is -3.71. The molecule has 1 aromatic heterocycles. The Morgan fingerprint density at radius 1 is 1.06 bits per heavy atom. The topological polar surface area (TPSA) is 76.4 Å². The van der Waals surface area contributed by atoms with Crippen LogP contribution in [0.2, 0.25) is 0 Å². The molecule has 174 valence electrons. The van der Waals surface area contributed by atoms with Crippen LogP contribution in [-0.4, -0.2) is 22.6 Å². The fourth-order valence-electron chi connectivity index (χ4n) is 3.47. The predicted octanol–water partition coefficient (Wildman–Crippen LogP) is 5.95. The maximum absolute atomic E-state index is 12.5. The van der Waals surface area contributed by atoms with Crippen LogP contribution in [0.1, 0.15) is 46.3 Å². The molecule has 0 aliphatic rings. The van der Waals surface area contributed by atoms with Crippen LogP contribution in [0.25, 0.3) is 11.1 Å². The van der Waals surface area contributed by atoms with E-state index in [1.807, 2.05) is 49.4 Å². The number of fused-ring (bicyclic) bond motifs is 1. The van der Waals surface area contributed by atoms with Gasteiger partial charge in [-0.1, -0.05) is 25.1 Å². The zero-order valence-electron chi connectivity index (χ0n) is 19.5. The van der Waals surface area contributed by atoms with E-state index in [1.165, 1.54) is 11.1 Å². The van der Waals surface area contributed by atoms with Crippen molar-refractivity contribution in [2.24, 2.45) is 0 Å². The van der Waals surface area contributed by atoms with Crippen molar-refractivity contribution in [3.05, 3.63) is 88.8 Å². The number of benzene rings is 3. The van der Waals surface area contributed by atoms with Crippen LogP contribution in [0.3, 0.4) is 0 Å². The average molecular weight is 474 g/mol. The van der Waals surface area contributed by atoms with E-state index in [4.69, 9.17) is 21.4 Å². The quantitative estimate of drug-likeness (QED) is 0.323. The van der Waals surface area contributed by atoms with Gasteiger partial charge in [0, 0.05) is 17.7 Å². The van der Waals surface area contributed by atoms with Gasteiger partial charge in [-0.25, -0.2) is 4.98 Å². The summed E-state index contributed by atoms with van der Waals surface area (Å²) in [6.07, 6.45) is 1.49. The molecule has 0 radical (unpaired) electrons. The third kappa shape index (κ3) is 5.80. The van der Waals surface area contributed by atoms with E-state index in [9.17, 15) is 4.79 Å². The van der Waals surface area contributed by atoms with E-state index in [-0.39, 0.29) is 11.0 Å². The van der Waals surface area contributed by atoms with Crippen LogP contribution in [0.4, 0.5) is 5.69 Å². The number of amides is 1. The Balaban J connectivity index is 1.34. The second-order valence-electron chi connectivity index (χ2n) is 8.17. The molecule has 0 spiro atoms. The van der Waals surface area contributed by atoms with Crippen LogP contribution in [0.5, 0.6) is 5.75 Å². The van der Waals surface area contributed by atoms with Crippen LogP contribution in [0.15, 0.2) is 65.1 Å². The molecule has 3 aromatic carbocycles. The summed E-state index contributed by atoms with van der Waals surface area (Å²) in [7, 11) is 0. The maximum Gasteiger partial charge on any atom is 0.257 e. The van der Waals surface area contributed by atoms with Crippen molar-refractivity contribution in [1.82, 2.24) is 10.3 Å². The van der Waals surface area contributed by atoms with Crippen molar-refractivity contribution < 1.29 is 13.9 Å². The summed E-state index contributed by atoms with van der Waals surface area (Å²) >= 11 is 5.31. The molecule has 0 aliphatic carbocycles. The first-order valence-electron chi connectivity index (χ1n) is 11.2. The number of carbonyl (C=O) groups excluding carboxylic acids is 1. The van der Waals surface area contributed by atoms with Crippen molar-refractivity contribution in [3.63, 3.8) is 0 Å². The van der Waals surface area contributed by atoms with Gasteiger partial charge in [0.05, 0.1) is 6.61 Å². The van der Waals surface area contributed by atoms with Gasteiger partial charge in [-0.3, -0.25) is 10.1 Å². The Bertz CT molecular complexity index is 1290. The Morgan fingerprint density at radius 2 is 1.82 bits per heavy atom. The number of rotatable bonds is 7. The van der Waals surface area contributed by atoms with Crippen LogP contribution in [-0.2, 0) is 6.42 Å². The lowest BCUT2D eigenvalue weighted by Gasteiger charge is -2.11. The number of oxazole rings is 1. The standard InChI is InChI=1S/C27H27N3O3S/c1-4-12-32-22-7-5-6-20(16-22)26(31)30-27(34)28-21-10-8-19(9-11-21)15-25-29-23-13-17(2)18(3)14-24(23)33-25/h5-11,13-14,16H,4,12,15H2,1-3H3,(H2,28,30,31,34). The lowest BCUT2D eigenvalue weighted by atomic mass is 10.1. The first kappa shape index (κ1) is 23.4. The minimum Gasteiger partial charge on any atom is -0.494 e. The normalized spacial score (nSPS) is 10.8. The average Bonchev–Trinajstić information content (AvgIpc) is 3.20. The fourth-order valence-corrected chi connectivity index (χ4v) is 3.68. The third-order valence-electron chi connectivity index (χ3n) is 5.41. The molecule has 0 fully saturated rings. The number of carbonyl (C=O) groups is 1. The second kappa shape index (κ2) is 10.5. The summed E-state index contributed by atoms with van der Waals surface area (Å²) in [4.78, 5) is 17.1.